The van der Waals surface area contributed by atoms with E-state index in [0.29, 0.717) is 21.8 Å². The van der Waals surface area contributed by atoms with Gasteiger partial charge in [0.2, 0.25) is 0 Å². The van der Waals surface area contributed by atoms with Crippen LogP contribution in [0, 0.1) is 11.3 Å². The predicted molar refractivity (Wildman–Crippen MR) is 113 cm³/mol. The van der Waals surface area contributed by atoms with Crippen molar-refractivity contribution in [2.75, 3.05) is 0 Å². The smallest absolute Gasteiger partial charge is 0.259 e. The summed E-state index contributed by atoms with van der Waals surface area (Å²) in [5.74, 6) is 0.719. The number of rotatable bonds is 4. The van der Waals surface area contributed by atoms with Crippen LogP contribution in [0.5, 0.6) is 0 Å². The number of aromatic amines is 1. The number of nitriles is 1. The lowest BCUT2D eigenvalue weighted by Crippen LogP contribution is -2.11. The highest BCUT2D eigenvalue weighted by atomic mass is 79.9. The Hall–Kier alpha value is -3.08. The molecule has 0 bridgehead atoms. The standard InChI is InChI=1S/C21H12BrN3O2S/c22-14-5-8-16(9-6-14)28-19-10-7-15(27-19)11-13(12-23)20-24-18-4-2-1-3-17(18)21(26)25-20/h1-11H,(H,24,25,26). The first-order chi connectivity index (χ1) is 13.6. The summed E-state index contributed by atoms with van der Waals surface area (Å²) in [6.45, 7) is 0. The van der Waals surface area contributed by atoms with Crippen molar-refractivity contribution >= 4 is 50.2 Å². The third kappa shape index (κ3) is 3.93. The summed E-state index contributed by atoms with van der Waals surface area (Å²) in [6, 6.07) is 20.6. The lowest BCUT2D eigenvalue weighted by atomic mass is 10.2. The number of halogens is 1. The van der Waals surface area contributed by atoms with Crippen LogP contribution in [0.15, 0.2) is 84.3 Å². The summed E-state index contributed by atoms with van der Waals surface area (Å²) < 4.78 is 6.80. The third-order valence-electron chi connectivity index (χ3n) is 3.91. The molecule has 1 N–H and O–H groups in total. The summed E-state index contributed by atoms with van der Waals surface area (Å²) in [5.41, 5.74) is 0.471. The Labute approximate surface area is 172 Å². The van der Waals surface area contributed by atoms with Crippen LogP contribution in [-0.4, -0.2) is 9.97 Å². The molecule has 0 saturated heterocycles. The molecule has 7 heteroatoms. The fraction of sp³-hybridized carbons (Fsp3) is 0. The van der Waals surface area contributed by atoms with Crippen molar-refractivity contribution in [1.82, 2.24) is 9.97 Å². The minimum atomic E-state index is -0.285. The molecule has 2 aromatic carbocycles. The van der Waals surface area contributed by atoms with Crippen molar-refractivity contribution in [2.45, 2.75) is 9.99 Å². The Bertz CT molecular complexity index is 1280. The van der Waals surface area contributed by atoms with Crippen LogP contribution in [0.4, 0.5) is 0 Å². The van der Waals surface area contributed by atoms with E-state index < -0.39 is 0 Å². The first-order valence-electron chi connectivity index (χ1n) is 8.27. The Morgan fingerprint density at radius 3 is 2.71 bits per heavy atom. The predicted octanol–water partition coefficient (Wildman–Crippen LogP) is 5.49. The second kappa shape index (κ2) is 7.89. The van der Waals surface area contributed by atoms with Crippen LogP contribution in [0.25, 0.3) is 22.6 Å². The number of hydrogen-bond donors (Lipinski definition) is 1. The maximum Gasteiger partial charge on any atom is 0.259 e. The second-order valence-corrected chi connectivity index (χ2v) is 7.81. The number of fused-ring (bicyclic) bond motifs is 1. The zero-order valence-electron chi connectivity index (χ0n) is 14.3. The Kier molecular flexibility index (Phi) is 5.15. The van der Waals surface area contributed by atoms with Crippen LogP contribution in [0.2, 0.25) is 0 Å². The third-order valence-corrected chi connectivity index (χ3v) is 5.37. The van der Waals surface area contributed by atoms with E-state index in [-0.39, 0.29) is 17.0 Å². The number of hydrogen-bond acceptors (Lipinski definition) is 5. The molecule has 0 saturated carbocycles. The van der Waals surface area contributed by atoms with E-state index in [4.69, 9.17) is 4.42 Å². The largest absolute Gasteiger partial charge is 0.450 e. The Morgan fingerprint density at radius 2 is 1.93 bits per heavy atom. The molecule has 0 amide bonds. The molecule has 28 heavy (non-hydrogen) atoms. The quantitative estimate of drug-likeness (QED) is 0.416. The normalized spacial score (nSPS) is 11.5. The Morgan fingerprint density at radius 1 is 1.14 bits per heavy atom. The van der Waals surface area contributed by atoms with E-state index in [2.05, 4.69) is 32.0 Å². The topological polar surface area (TPSA) is 82.7 Å². The van der Waals surface area contributed by atoms with Gasteiger partial charge in [-0.25, -0.2) is 4.98 Å². The molecule has 0 fully saturated rings. The summed E-state index contributed by atoms with van der Waals surface area (Å²) in [4.78, 5) is 20.3. The molecule has 2 heterocycles. The lowest BCUT2D eigenvalue weighted by Gasteiger charge is -2.01. The highest BCUT2D eigenvalue weighted by Crippen LogP contribution is 2.31. The maximum atomic E-state index is 12.2. The van der Waals surface area contributed by atoms with Crippen molar-refractivity contribution in [3.05, 3.63) is 87.1 Å². The summed E-state index contributed by atoms with van der Waals surface area (Å²) in [6.07, 6.45) is 1.57. The number of nitrogens with one attached hydrogen (secondary N) is 1. The van der Waals surface area contributed by atoms with Crippen molar-refractivity contribution in [2.24, 2.45) is 0 Å². The number of benzene rings is 2. The van der Waals surface area contributed by atoms with Crippen molar-refractivity contribution in [1.29, 1.82) is 5.26 Å². The minimum absolute atomic E-state index is 0.213. The maximum absolute atomic E-state index is 12.2. The fourth-order valence-corrected chi connectivity index (χ4v) is 3.64. The number of aromatic nitrogens is 2. The zero-order chi connectivity index (χ0) is 19.5. The van der Waals surface area contributed by atoms with E-state index in [9.17, 15) is 10.1 Å². The molecule has 0 spiro atoms. The van der Waals surface area contributed by atoms with Gasteiger partial charge in [0.15, 0.2) is 10.9 Å². The number of H-pyrrole nitrogens is 1. The molecule has 4 rings (SSSR count). The van der Waals surface area contributed by atoms with E-state index in [0.717, 1.165) is 9.37 Å². The molecular weight excluding hydrogens is 438 g/mol. The van der Waals surface area contributed by atoms with Crippen LogP contribution in [0.1, 0.15) is 11.6 Å². The molecular formula is C21H12BrN3O2S. The van der Waals surface area contributed by atoms with Gasteiger partial charge in [-0.15, -0.1) is 0 Å². The van der Waals surface area contributed by atoms with Gasteiger partial charge in [-0.1, -0.05) is 39.8 Å². The van der Waals surface area contributed by atoms with Crippen molar-refractivity contribution < 1.29 is 4.42 Å². The van der Waals surface area contributed by atoms with Gasteiger partial charge in [-0.3, -0.25) is 4.79 Å². The van der Waals surface area contributed by atoms with Crippen LogP contribution < -0.4 is 5.56 Å². The van der Waals surface area contributed by atoms with Gasteiger partial charge < -0.3 is 9.40 Å². The highest BCUT2D eigenvalue weighted by molar-refractivity contribution is 9.10. The molecule has 0 aliphatic carbocycles. The monoisotopic (exact) mass is 449 g/mol. The van der Waals surface area contributed by atoms with Gasteiger partial charge in [0.1, 0.15) is 11.8 Å². The molecule has 5 nitrogen and oxygen atoms in total. The highest BCUT2D eigenvalue weighted by Gasteiger charge is 2.10. The molecule has 136 valence electrons. The van der Waals surface area contributed by atoms with Crippen LogP contribution in [0.3, 0.4) is 0 Å². The molecule has 0 atom stereocenters. The van der Waals surface area contributed by atoms with Gasteiger partial charge >= 0.3 is 0 Å². The SMILES string of the molecule is N#CC(=Cc1ccc(Sc2ccc(Br)cc2)o1)c1nc2ccccc2c(=O)[nH]1. The summed E-state index contributed by atoms with van der Waals surface area (Å²) >= 11 is 4.89. The number of nitrogens with zero attached hydrogens (tertiary/aromatic N) is 2. The fourth-order valence-electron chi connectivity index (χ4n) is 2.60. The molecule has 0 radical (unpaired) electrons. The molecule has 2 aromatic heterocycles. The van der Waals surface area contributed by atoms with Gasteiger partial charge in [0.05, 0.1) is 16.5 Å². The van der Waals surface area contributed by atoms with Gasteiger partial charge in [-0.05, 0) is 48.5 Å². The first kappa shape index (κ1) is 18.3. The van der Waals surface area contributed by atoms with E-state index in [1.54, 1.807) is 36.4 Å². The van der Waals surface area contributed by atoms with Crippen LogP contribution in [-0.2, 0) is 0 Å². The lowest BCUT2D eigenvalue weighted by molar-refractivity contribution is 0.466. The summed E-state index contributed by atoms with van der Waals surface area (Å²) in [7, 11) is 0. The van der Waals surface area contributed by atoms with Gasteiger partial charge in [-0.2, -0.15) is 5.26 Å². The molecule has 0 aliphatic heterocycles. The first-order valence-corrected chi connectivity index (χ1v) is 9.88. The molecule has 0 unspecified atom stereocenters. The van der Waals surface area contributed by atoms with Crippen molar-refractivity contribution in [3.63, 3.8) is 0 Å². The zero-order valence-corrected chi connectivity index (χ0v) is 16.8. The molecule has 4 aromatic rings. The van der Waals surface area contributed by atoms with E-state index >= 15 is 0 Å². The van der Waals surface area contributed by atoms with Gasteiger partial charge in [0.25, 0.3) is 5.56 Å². The number of furan rings is 1. The average molecular weight is 450 g/mol. The van der Waals surface area contributed by atoms with Crippen LogP contribution >= 0.6 is 27.7 Å². The Balaban J connectivity index is 1.64. The average Bonchev–Trinajstić information content (AvgIpc) is 3.15. The summed E-state index contributed by atoms with van der Waals surface area (Å²) in [5, 5.41) is 10.7. The number of allylic oxidation sites excluding steroid dienone is 1. The van der Waals surface area contributed by atoms with E-state index in [1.165, 1.54) is 11.8 Å². The number of para-hydroxylation sites is 1. The van der Waals surface area contributed by atoms with Crippen molar-refractivity contribution in [3.8, 4) is 6.07 Å². The second-order valence-electron chi connectivity index (χ2n) is 5.81. The minimum Gasteiger partial charge on any atom is -0.450 e. The van der Waals surface area contributed by atoms with E-state index in [1.807, 2.05) is 30.3 Å². The molecule has 0 aliphatic rings. The van der Waals surface area contributed by atoms with Gasteiger partial charge in [0, 0.05) is 15.4 Å².